The van der Waals surface area contributed by atoms with Gasteiger partial charge in [0.1, 0.15) is 11.6 Å². The van der Waals surface area contributed by atoms with E-state index in [0.717, 1.165) is 0 Å². The van der Waals surface area contributed by atoms with Crippen LogP contribution in [-0.4, -0.2) is 0 Å². The molecule has 0 heterocycles. The minimum absolute atomic E-state index is 0.0293. The standard InChI is InChI=1S/C13H9BrClF2N/c14-7-4-5-11(16)9(6-7)13(18)8-2-1-3-10(15)12(8)17/h1-6,13H,18H2. The van der Waals surface area contributed by atoms with Gasteiger partial charge in [-0.15, -0.1) is 0 Å². The molecule has 2 aromatic rings. The monoisotopic (exact) mass is 331 g/mol. The second-order valence-electron chi connectivity index (χ2n) is 3.79. The van der Waals surface area contributed by atoms with Gasteiger partial charge in [0.2, 0.25) is 0 Å². The van der Waals surface area contributed by atoms with Crippen molar-refractivity contribution in [3.63, 3.8) is 0 Å². The minimum atomic E-state index is -0.902. The summed E-state index contributed by atoms with van der Waals surface area (Å²) in [6.07, 6.45) is 0. The van der Waals surface area contributed by atoms with Gasteiger partial charge in [-0.25, -0.2) is 8.78 Å². The summed E-state index contributed by atoms with van der Waals surface area (Å²) in [7, 11) is 0. The maximum atomic E-state index is 13.8. The molecular formula is C13H9BrClF2N. The Hall–Kier alpha value is -0.970. The Balaban J connectivity index is 2.51. The summed E-state index contributed by atoms with van der Waals surface area (Å²) in [4.78, 5) is 0. The zero-order chi connectivity index (χ0) is 13.3. The third kappa shape index (κ3) is 2.55. The largest absolute Gasteiger partial charge is 0.320 e. The molecule has 2 rings (SSSR count). The van der Waals surface area contributed by atoms with Crippen LogP contribution in [0.25, 0.3) is 0 Å². The number of hydrogen-bond donors (Lipinski definition) is 1. The van der Waals surface area contributed by atoms with Crippen molar-refractivity contribution in [3.05, 3.63) is 68.7 Å². The van der Waals surface area contributed by atoms with E-state index in [1.54, 1.807) is 12.1 Å². The van der Waals surface area contributed by atoms with Gasteiger partial charge in [-0.1, -0.05) is 39.7 Å². The van der Waals surface area contributed by atoms with E-state index in [1.807, 2.05) is 0 Å². The summed E-state index contributed by atoms with van der Waals surface area (Å²) < 4.78 is 28.2. The van der Waals surface area contributed by atoms with Crippen LogP contribution in [0, 0.1) is 11.6 Å². The van der Waals surface area contributed by atoms with E-state index in [1.165, 1.54) is 24.3 Å². The predicted molar refractivity (Wildman–Crippen MR) is 71.5 cm³/mol. The second kappa shape index (κ2) is 5.34. The van der Waals surface area contributed by atoms with E-state index in [4.69, 9.17) is 17.3 Å². The van der Waals surface area contributed by atoms with Crippen LogP contribution >= 0.6 is 27.5 Å². The van der Waals surface area contributed by atoms with Gasteiger partial charge in [-0.3, -0.25) is 0 Å². The van der Waals surface area contributed by atoms with Gasteiger partial charge in [0.15, 0.2) is 0 Å². The van der Waals surface area contributed by atoms with Crippen molar-refractivity contribution in [1.82, 2.24) is 0 Å². The van der Waals surface area contributed by atoms with Gasteiger partial charge < -0.3 is 5.73 Å². The lowest BCUT2D eigenvalue weighted by Crippen LogP contribution is -2.15. The first kappa shape index (κ1) is 13.5. The molecule has 1 nitrogen and oxygen atoms in total. The van der Waals surface area contributed by atoms with Crippen molar-refractivity contribution in [2.24, 2.45) is 5.73 Å². The molecule has 0 amide bonds. The maximum Gasteiger partial charge on any atom is 0.146 e. The summed E-state index contributed by atoms with van der Waals surface area (Å²) in [5, 5.41) is -0.0293. The lowest BCUT2D eigenvalue weighted by atomic mass is 9.99. The van der Waals surface area contributed by atoms with Crippen LogP contribution < -0.4 is 5.73 Å². The van der Waals surface area contributed by atoms with Gasteiger partial charge in [-0.2, -0.15) is 0 Å². The van der Waals surface area contributed by atoms with Crippen LogP contribution in [0.4, 0.5) is 8.78 Å². The van der Waals surface area contributed by atoms with E-state index in [9.17, 15) is 8.78 Å². The first-order valence-electron chi connectivity index (χ1n) is 5.15. The Morgan fingerprint density at radius 3 is 2.56 bits per heavy atom. The van der Waals surface area contributed by atoms with Crippen LogP contribution in [-0.2, 0) is 0 Å². The fourth-order valence-corrected chi connectivity index (χ4v) is 2.24. The third-order valence-electron chi connectivity index (χ3n) is 2.61. The molecule has 0 aliphatic heterocycles. The molecule has 0 saturated heterocycles. The lowest BCUT2D eigenvalue weighted by molar-refractivity contribution is 0.576. The zero-order valence-corrected chi connectivity index (χ0v) is 11.5. The van der Waals surface area contributed by atoms with E-state index in [2.05, 4.69) is 15.9 Å². The van der Waals surface area contributed by atoms with Crippen molar-refractivity contribution in [3.8, 4) is 0 Å². The zero-order valence-electron chi connectivity index (χ0n) is 9.13. The van der Waals surface area contributed by atoms with Crippen molar-refractivity contribution in [2.75, 3.05) is 0 Å². The first-order valence-corrected chi connectivity index (χ1v) is 6.32. The quantitative estimate of drug-likeness (QED) is 0.865. The Labute approximate surface area is 117 Å². The molecular weight excluding hydrogens is 324 g/mol. The molecule has 0 saturated carbocycles. The lowest BCUT2D eigenvalue weighted by Gasteiger charge is -2.15. The average Bonchev–Trinajstić information content (AvgIpc) is 2.35. The molecule has 0 aromatic heterocycles. The number of rotatable bonds is 2. The topological polar surface area (TPSA) is 26.0 Å². The predicted octanol–water partition coefficient (Wildman–Crippen LogP) is 4.43. The summed E-state index contributed by atoms with van der Waals surface area (Å²) in [6, 6.07) is 7.95. The molecule has 2 aromatic carbocycles. The highest BCUT2D eigenvalue weighted by Gasteiger charge is 2.18. The van der Waals surface area contributed by atoms with Crippen LogP contribution in [0.3, 0.4) is 0 Å². The summed E-state index contributed by atoms with van der Waals surface area (Å²) in [5.74, 6) is -1.10. The van der Waals surface area contributed by atoms with Crippen molar-refractivity contribution < 1.29 is 8.78 Å². The highest BCUT2D eigenvalue weighted by Crippen LogP contribution is 2.29. The molecule has 0 radical (unpaired) electrons. The van der Waals surface area contributed by atoms with Crippen LogP contribution in [0.2, 0.25) is 5.02 Å². The van der Waals surface area contributed by atoms with Gasteiger partial charge in [0.25, 0.3) is 0 Å². The summed E-state index contributed by atoms with van der Waals surface area (Å²) in [5.41, 5.74) is 6.28. The Bertz CT molecular complexity index is 587. The fourth-order valence-electron chi connectivity index (χ4n) is 1.68. The molecule has 1 unspecified atom stereocenters. The van der Waals surface area contributed by atoms with Crippen molar-refractivity contribution >= 4 is 27.5 Å². The SMILES string of the molecule is NC(c1cc(Br)ccc1F)c1cccc(Cl)c1F. The smallest absolute Gasteiger partial charge is 0.146 e. The molecule has 0 bridgehead atoms. The highest BCUT2D eigenvalue weighted by atomic mass is 79.9. The molecule has 1 atom stereocenters. The second-order valence-corrected chi connectivity index (χ2v) is 5.11. The van der Waals surface area contributed by atoms with Gasteiger partial charge in [0, 0.05) is 15.6 Å². The number of benzene rings is 2. The van der Waals surface area contributed by atoms with E-state index >= 15 is 0 Å². The maximum absolute atomic E-state index is 13.8. The molecule has 0 spiro atoms. The van der Waals surface area contributed by atoms with Crippen molar-refractivity contribution in [2.45, 2.75) is 6.04 Å². The average molecular weight is 333 g/mol. The summed E-state index contributed by atoms with van der Waals surface area (Å²) >= 11 is 8.91. The van der Waals surface area contributed by atoms with Gasteiger partial charge in [0.05, 0.1) is 11.1 Å². The molecule has 2 N–H and O–H groups in total. The molecule has 18 heavy (non-hydrogen) atoms. The highest BCUT2D eigenvalue weighted by molar-refractivity contribution is 9.10. The van der Waals surface area contributed by atoms with Crippen LogP contribution in [0.15, 0.2) is 40.9 Å². The Morgan fingerprint density at radius 1 is 1.11 bits per heavy atom. The van der Waals surface area contributed by atoms with Gasteiger partial charge in [-0.05, 0) is 24.3 Å². The van der Waals surface area contributed by atoms with E-state index in [0.29, 0.717) is 4.47 Å². The normalized spacial score (nSPS) is 12.5. The Morgan fingerprint density at radius 2 is 1.83 bits per heavy atom. The molecule has 5 heteroatoms. The van der Waals surface area contributed by atoms with Crippen LogP contribution in [0.5, 0.6) is 0 Å². The summed E-state index contributed by atoms with van der Waals surface area (Å²) in [6.45, 7) is 0. The van der Waals surface area contributed by atoms with E-state index in [-0.39, 0.29) is 16.1 Å². The molecule has 0 aliphatic rings. The van der Waals surface area contributed by atoms with Crippen LogP contribution in [0.1, 0.15) is 17.2 Å². The first-order chi connectivity index (χ1) is 8.50. The van der Waals surface area contributed by atoms with Crippen molar-refractivity contribution in [1.29, 1.82) is 0 Å². The molecule has 94 valence electrons. The van der Waals surface area contributed by atoms with E-state index < -0.39 is 17.7 Å². The fraction of sp³-hybridized carbons (Fsp3) is 0.0769. The third-order valence-corrected chi connectivity index (χ3v) is 3.39. The number of hydrogen-bond acceptors (Lipinski definition) is 1. The molecule has 0 aliphatic carbocycles. The number of halogens is 4. The molecule has 0 fully saturated rings. The Kier molecular flexibility index (Phi) is 4.00. The van der Waals surface area contributed by atoms with Gasteiger partial charge >= 0.3 is 0 Å². The number of nitrogens with two attached hydrogens (primary N) is 1. The minimum Gasteiger partial charge on any atom is -0.320 e.